The molecule has 0 fully saturated rings. The van der Waals surface area contributed by atoms with Crippen molar-refractivity contribution < 1.29 is 23.3 Å². The lowest BCUT2D eigenvalue weighted by atomic mass is 9.95. The number of carbonyl (C=O) groups excluding carboxylic acids is 2. The van der Waals surface area contributed by atoms with Gasteiger partial charge in [-0.05, 0) is 67.6 Å². The molecule has 0 saturated heterocycles. The van der Waals surface area contributed by atoms with Crippen molar-refractivity contribution in [1.29, 1.82) is 0 Å². The third-order valence-electron chi connectivity index (χ3n) is 5.75. The predicted molar refractivity (Wildman–Crippen MR) is 127 cm³/mol. The molecule has 0 spiro atoms. The Morgan fingerprint density at radius 3 is 2.71 bits per heavy atom. The van der Waals surface area contributed by atoms with Crippen molar-refractivity contribution in [1.82, 2.24) is 10.5 Å². The fraction of sp³-hybridized carbons (Fsp3) is 0.240. The second kappa shape index (κ2) is 9.56. The molecule has 4 aromatic rings. The average molecular weight is 478 g/mol. The van der Waals surface area contributed by atoms with E-state index in [9.17, 15) is 9.59 Å². The number of amides is 2. The Labute approximate surface area is 199 Å². The maximum Gasteiger partial charge on any atom is 0.278 e. The summed E-state index contributed by atoms with van der Waals surface area (Å²) < 4.78 is 15.9. The number of nitrogens with zero attached hydrogens (tertiary/aromatic N) is 1. The maximum absolute atomic E-state index is 13.1. The van der Waals surface area contributed by atoms with Gasteiger partial charge in [-0.25, -0.2) is 0 Å². The number of carbonyl (C=O) groups is 2. The standard InChI is InChI=1S/C25H23N3O5S/c1-31-16-10-8-15(9-11-16)20-13-19(28-33-20)23(29)27-25-22(18-6-2-3-7-21(18)34-25)24(30)26-14-17-5-4-12-32-17/h4-5,8-13H,2-3,6-7,14H2,1H3,(H,26,30)(H,27,29). The van der Waals surface area contributed by atoms with E-state index in [1.807, 2.05) is 12.1 Å². The number of anilines is 1. The highest BCUT2D eigenvalue weighted by Crippen LogP contribution is 2.38. The van der Waals surface area contributed by atoms with Gasteiger partial charge in [0.15, 0.2) is 11.5 Å². The summed E-state index contributed by atoms with van der Waals surface area (Å²) in [5.74, 6) is 1.19. The van der Waals surface area contributed by atoms with Crippen LogP contribution in [-0.4, -0.2) is 24.1 Å². The Hall–Kier alpha value is -3.85. The van der Waals surface area contributed by atoms with Crippen molar-refractivity contribution in [3.05, 3.63) is 76.2 Å². The van der Waals surface area contributed by atoms with E-state index in [0.717, 1.165) is 47.4 Å². The summed E-state index contributed by atoms with van der Waals surface area (Å²) in [6.07, 6.45) is 5.38. The molecular weight excluding hydrogens is 454 g/mol. The molecule has 3 heterocycles. The summed E-state index contributed by atoms with van der Waals surface area (Å²) in [5, 5.41) is 10.3. The first kappa shape index (κ1) is 22.0. The number of nitrogens with one attached hydrogen (secondary N) is 2. The fourth-order valence-electron chi connectivity index (χ4n) is 4.00. The van der Waals surface area contributed by atoms with Gasteiger partial charge in [0.05, 0.1) is 25.5 Å². The number of hydrogen-bond donors (Lipinski definition) is 2. The summed E-state index contributed by atoms with van der Waals surface area (Å²) in [5.41, 5.74) is 2.46. The summed E-state index contributed by atoms with van der Waals surface area (Å²) in [6, 6.07) is 12.4. The Bertz CT molecular complexity index is 1310. The van der Waals surface area contributed by atoms with Gasteiger partial charge in [0, 0.05) is 16.5 Å². The highest BCUT2D eigenvalue weighted by molar-refractivity contribution is 7.17. The predicted octanol–water partition coefficient (Wildman–Crippen LogP) is 5.07. The zero-order valence-electron chi connectivity index (χ0n) is 18.6. The van der Waals surface area contributed by atoms with Crippen LogP contribution < -0.4 is 15.4 Å². The molecule has 1 aliphatic carbocycles. The first-order chi connectivity index (χ1) is 16.6. The Morgan fingerprint density at radius 2 is 1.94 bits per heavy atom. The fourth-order valence-corrected chi connectivity index (χ4v) is 5.29. The number of rotatable bonds is 7. The molecule has 2 N–H and O–H groups in total. The third kappa shape index (κ3) is 4.47. The SMILES string of the molecule is COc1ccc(-c2cc(C(=O)Nc3sc4c(c3C(=O)NCc3ccco3)CCCC4)no2)cc1. The zero-order chi connectivity index (χ0) is 23.5. The number of fused-ring (bicyclic) bond motifs is 1. The number of aryl methyl sites for hydroxylation is 1. The van der Waals surface area contributed by atoms with Crippen LogP contribution in [0.15, 0.2) is 57.7 Å². The quantitative estimate of drug-likeness (QED) is 0.385. The van der Waals surface area contributed by atoms with E-state index in [0.29, 0.717) is 22.1 Å². The molecule has 1 aromatic carbocycles. The molecule has 1 aliphatic rings. The number of furan rings is 1. The third-order valence-corrected chi connectivity index (χ3v) is 6.95. The second-order valence-electron chi connectivity index (χ2n) is 7.94. The van der Waals surface area contributed by atoms with Crippen LogP contribution in [0.1, 0.15) is 49.9 Å². The summed E-state index contributed by atoms with van der Waals surface area (Å²) >= 11 is 1.46. The summed E-state index contributed by atoms with van der Waals surface area (Å²) in [4.78, 5) is 27.3. The average Bonchev–Trinajstić information content (AvgIpc) is 3.62. The number of thiophene rings is 1. The molecule has 2 amide bonds. The Morgan fingerprint density at radius 1 is 1.12 bits per heavy atom. The van der Waals surface area contributed by atoms with Crippen molar-refractivity contribution in [2.75, 3.05) is 12.4 Å². The van der Waals surface area contributed by atoms with E-state index in [-0.39, 0.29) is 18.1 Å². The molecule has 0 aliphatic heterocycles. The molecule has 0 saturated carbocycles. The van der Waals surface area contributed by atoms with Crippen molar-refractivity contribution in [3.63, 3.8) is 0 Å². The van der Waals surface area contributed by atoms with Gasteiger partial charge in [0.2, 0.25) is 0 Å². The largest absolute Gasteiger partial charge is 0.497 e. The number of methoxy groups -OCH3 is 1. The van der Waals surface area contributed by atoms with Crippen LogP contribution in [-0.2, 0) is 19.4 Å². The van der Waals surface area contributed by atoms with Gasteiger partial charge in [-0.3, -0.25) is 9.59 Å². The molecule has 34 heavy (non-hydrogen) atoms. The first-order valence-electron chi connectivity index (χ1n) is 11.0. The van der Waals surface area contributed by atoms with Crippen molar-refractivity contribution in [2.24, 2.45) is 0 Å². The van der Waals surface area contributed by atoms with E-state index in [2.05, 4.69) is 15.8 Å². The highest BCUT2D eigenvalue weighted by atomic mass is 32.1. The molecule has 0 unspecified atom stereocenters. The van der Waals surface area contributed by atoms with Crippen molar-refractivity contribution in [3.8, 4) is 17.1 Å². The number of hydrogen-bond acceptors (Lipinski definition) is 7. The minimum atomic E-state index is -0.429. The lowest BCUT2D eigenvalue weighted by molar-refractivity contribution is 0.0948. The van der Waals surface area contributed by atoms with Gasteiger partial charge in [0.25, 0.3) is 11.8 Å². The van der Waals surface area contributed by atoms with Gasteiger partial charge < -0.3 is 24.3 Å². The van der Waals surface area contributed by atoms with Crippen LogP contribution in [0.2, 0.25) is 0 Å². The monoisotopic (exact) mass is 477 g/mol. The lowest BCUT2D eigenvalue weighted by Crippen LogP contribution is -2.25. The van der Waals surface area contributed by atoms with E-state index in [4.69, 9.17) is 13.7 Å². The van der Waals surface area contributed by atoms with Crippen LogP contribution in [0.3, 0.4) is 0 Å². The minimum Gasteiger partial charge on any atom is -0.497 e. The van der Waals surface area contributed by atoms with E-state index >= 15 is 0 Å². The Balaban J connectivity index is 1.36. The summed E-state index contributed by atoms with van der Waals surface area (Å²) in [6.45, 7) is 0.276. The lowest BCUT2D eigenvalue weighted by Gasteiger charge is -2.13. The highest BCUT2D eigenvalue weighted by Gasteiger charge is 2.27. The molecular formula is C25H23N3O5S. The van der Waals surface area contributed by atoms with E-state index in [1.165, 1.54) is 11.3 Å². The molecule has 9 heteroatoms. The molecule has 0 atom stereocenters. The van der Waals surface area contributed by atoms with Gasteiger partial charge in [-0.15, -0.1) is 11.3 Å². The van der Waals surface area contributed by atoms with E-state index < -0.39 is 5.91 Å². The minimum absolute atomic E-state index is 0.138. The number of ether oxygens (including phenoxy) is 1. The number of aromatic nitrogens is 1. The molecule has 3 aromatic heterocycles. The molecule has 5 rings (SSSR count). The molecule has 8 nitrogen and oxygen atoms in total. The van der Waals surface area contributed by atoms with Crippen LogP contribution in [0, 0.1) is 0 Å². The first-order valence-corrected chi connectivity index (χ1v) is 11.8. The molecule has 174 valence electrons. The second-order valence-corrected chi connectivity index (χ2v) is 9.04. The van der Waals surface area contributed by atoms with Crippen LogP contribution >= 0.6 is 11.3 Å². The van der Waals surface area contributed by atoms with E-state index in [1.54, 1.807) is 43.7 Å². The smallest absolute Gasteiger partial charge is 0.278 e. The van der Waals surface area contributed by atoms with Gasteiger partial charge in [-0.2, -0.15) is 0 Å². The van der Waals surface area contributed by atoms with Gasteiger partial charge in [0.1, 0.15) is 16.5 Å². The molecule has 0 bridgehead atoms. The van der Waals surface area contributed by atoms with Gasteiger partial charge in [-0.1, -0.05) is 5.16 Å². The van der Waals surface area contributed by atoms with Crippen molar-refractivity contribution in [2.45, 2.75) is 32.2 Å². The molecule has 0 radical (unpaired) electrons. The zero-order valence-corrected chi connectivity index (χ0v) is 19.4. The Kier molecular flexibility index (Phi) is 6.18. The normalized spacial score (nSPS) is 12.7. The number of benzene rings is 1. The topological polar surface area (TPSA) is 107 Å². The summed E-state index contributed by atoms with van der Waals surface area (Å²) in [7, 11) is 1.60. The van der Waals surface area contributed by atoms with Crippen LogP contribution in [0.25, 0.3) is 11.3 Å². The van der Waals surface area contributed by atoms with Crippen molar-refractivity contribution >= 4 is 28.2 Å². The maximum atomic E-state index is 13.1. The van der Waals surface area contributed by atoms with Crippen LogP contribution in [0.5, 0.6) is 5.75 Å². The van der Waals surface area contributed by atoms with Gasteiger partial charge >= 0.3 is 0 Å². The van der Waals surface area contributed by atoms with Crippen LogP contribution in [0.4, 0.5) is 5.00 Å².